The van der Waals surface area contributed by atoms with Crippen LogP contribution in [0.4, 0.5) is 26.4 Å². The van der Waals surface area contributed by atoms with E-state index in [-0.39, 0.29) is 17.4 Å². The molecule has 41 heavy (non-hydrogen) atoms. The molecule has 9 nitrogen and oxygen atoms in total. The monoisotopic (exact) mass is 555 g/mol. The Hall–Kier alpha value is -4.28. The minimum absolute atomic E-state index is 0.202. The summed E-state index contributed by atoms with van der Waals surface area (Å²) < 4.78 is 16.6. The van der Waals surface area contributed by atoms with E-state index >= 15 is 0 Å². The number of hydrogen-bond donors (Lipinski definition) is 2. The number of fused-ring (bicyclic) bond motifs is 1. The highest BCUT2D eigenvalue weighted by molar-refractivity contribution is 6.04. The van der Waals surface area contributed by atoms with E-state index < -0.39 is 5.91 Å². The van der Waals surface area contributed by atoms with E-state index in [2.05, 4.69) is 25.4 Å². The van der Waals surface area contributed by atoms with Crippen LogP contribution in [-0.4, -0.2) is 77.6 Å². The van der Waals surface area contributed by atoms with Gasteiger partial charge in [0.2, 0.25) is 0 Å². The van der Waals surface area contributed by atoms with Crippen molar-refractivity contribution in [3.8, 4) is 0 Å². The average molecular weight is 556 g/mol. The van der Waals surface area contributed by atoms with Gasteiger partial charge < -0.3 is 15.5 Å². The zero-order valence-electron chi connectivity index (χ0n) is 23.3. The lowest BCUT2D eigenvalue weighted by Gasteiger charge is -2.34. The third kappa shape index (κ3) is 5.79. The molecule has 1 saturated carbocycles. The fourth-order valence-electron chi connectivity index (χ4n) is 5.45. The van der Waals surface area contributed by atoms with Crippen LogP contribution < -0.4 is 15.5 Å². The molecule has 2 N–H and O–H groups in total. The van der Waals surface area contributed by atoms with Crippen LogP contribution in [0, 0.1) is 5.82 Å². The second-order valence-corrected chi connectivity index (χ2v) is 10.7. The van der Waals surface area contributed by atoms with Gasteiger partial charge in [-0.2, -0.15) is 0 Å². The van der Waals surface area contributed by atoms with Crippen LogP contribution in [0.25, 0.3) is 10.9 Å². The van der Waals surface area contributed by atoms with Crippen LogP contribution in [-0.2, 0) is 6.54 Å². The van der Waals surface area contributed by atoms with Crippen molar-refractivity contribution >= 4 is 40.0 Å². The molecule has 1 aliphatic heterocycles. The SMILES string of the molecule is CNC(=O)n1ccc2cc(N(C)c3ccnc(NC(=O)c4ccc(CN5CCN(C6CC6)CC5)c(F)c4)c3)ccc21. The van der Waals surface area contributed by atoms with Crippen molar-refractivity contribution in [3.05, 3.63) is 83.9 Å². The third-order valence-electron chi connectivity index (χ3n) is 8.05. The predicted molar refractivity (Wildman–Crippen MR) is 158 cm³/mol. The van der Waals surface area contributed by atoms with Crippen LogP contribution in [0.2, 0.25) is 0 Å². The Labute approximate surface area is 238 Å². The number of pyridine rings is 1. The van der Waals surface area contributed by atoms with Gasteiger partial charge in [-0.15, -0.1) is 0 Å². The quantitative estimate of drug-likeness (QED) is 0.345. The summed E-state index contributed by atoms with van der Waals surface area (Å²) in [6.45, 7) is 4.49. The lowest BCUT2D eigenvalue weighted by atomic mass is 10.1. The Morgan fingerprint density at radius 1 is 1.00 bits per heavy atom. The lowest BCUT2D eigenvalue weighted by Crippen LogP contribution is -2.46. The maximum Gasteiger partial charge on any atom is 0.325 e. The van der Waals surface area contributed by atoms with E-state index in [4.69, 9.17) is 0 Å². The van der Waals surface area contributed by atoms with Crippen LogP contribution >= 0.6 is 0 Å². The highest BCUT2D eigenvalue weighted by Crippen LogP contribution is 2.29. The van der Waals surface area contributed by atoms with E-state index in [0.29, 0.717) is 17.9 Å². The standard InChI is InChI=1S/C31H34FN7O2/c1-33-31(41)39-12-10-21-17-25(7-8-28(21)39)36(2)26-9-11-34-29(19-26)35-30(40)22-3-4-23(27(32)18-22)20-37-13-15-38(16-14-37)24-5-6-24/h3-4,7-12,17-19,24H,5-6,13-16,20H2,1-2H3,(H,33,41)(H,34,35,40). The number of piperazine rings is 1. The van der Waals surface area contributed by atoms with Crippen molar-refractivity contribution in [2.45, 2.75) is 25.4 Å². The summed E-state index contributed by atoms with van der Waals surface area (Å²) in [7, 11) is 3.51. The molecule has 2 aliphatic rings. The topological polar surface area (TPSA) is 85.7 Å². The molecule has 0 radical (unpaired) electrons. The number of benzene rings is 2. The van der Waals surface area contributed by atoms with Gasteiger partial charge in [0.05, 0.1) is 5.52 Å². The van der Waals surface area contributed by atoms with Gasteiger partial charge in [0.15, 0.2) is 0 Å². The minimum Gasteiger partial charge on any atom is -0.344 e. The summed E-state index contributed by atoms with van der Waals surface area (Å²) in [6, 6.07) is 16.6. The fraction of sp³-hybridized carbons (Fsp3) is 0.323. The first-order valence-corrected chi connectivity index (χ1v) is 14.0. The molecule has 10 heteroatoms. The smallest absolute Gasteiger partial charge is 0.325 e. The molecule has 4 aromatic rings. The van der Waals surface area contributed by atoms with Crippen molar-refractivity contribution in [2.24, 2.45) is 0 Å². The van der Waals surface area contributed by atoms with Crippen molar-refractivity contribution in [3.63, 3.8) is 0 Å². The highest BCUT2D eigenvalue weighted by atomic mass is 19.1. The molecule has 0 atom stereocenters. The molecule has 1 saturated heterocycles. The van der Waals surface area contributed by atoms with Gasteiger partial charge in [0.25, 0.3) is 5.91 Å². The van der Waals surface area contributed by atoms with Crippen molar-refractivity contribution in [2.75, 3.05) is 50.5 Å². The number of nitrogens with zero attached hydrogens (tertiary/aromatic N) is 5. The summed E-state index contributed by atoms with van der Waals surface area (Å²) >= 11 is 0. The normalized spacial score (nSPS) is 16.1. The molecule has 2 aromatic carbocycles. The van der Waals surface area contributed by atoms with Crippen LogP contribution in [0.15, 0.2) is 67.0 Å². The number of carbonyl (C=O) groups excluding carboxylic acids is 2. The Morgan fingerprint density at radius 3 is 2.51 bits per heavy atom. The van der Waals surface area contributed by atoms with Crippen LogP contribution in [0.1, 0.15) is 28.8 Å². The van der Waals surface area contributed by atoms with Gasteiger partial charge in [-0.1, -0.05) is 6.07 Å². The van der Waals surface area contributed by atoms with Crippen molar-refractivity contribution in [1.82, 2.24) is 24.7 Å². The van der Waals surface area contributed by atoms with E-state index in [9.17, 15) is 14.0 Å². The number of amides is 2. The molecule has 2 amide bonds. The molecule has 2 fully saturated rings. The summed E-state index contributed by atoms with van der Waals surface area (Å²) in [6.07, 6.45) is 5.97. The van der Waals surface area contributed by atoms with Crippen LogP contribution in [0.5, 0.6) is 0 Å². The number of halogens is 1. The molecular formula is C31H34FN7O2. The molecule has 0 bridgehead atoms. The number of nitrogens with one attached hydrogen (secondary N) is 2. The van der Waals surface area contributed by atoms with Gasteiger partial charge in [-0.05, 0) is 55.3 Å². The first-order valence-electron chi connectivity index (χ1n) is 14.0. The van der Waals surface area contributed by atoms with Gasteiger partial charge in [-0.25, -0.2) is 14.2 Å². The molecular weight excluding hydrogens is 521 g/mol. The predicted octanol–water partition coefficient (Wildman–Crippen LogP) is 4.66. The number of aromatic nitrogens is 2. The van der Waals surface area contributed by atoms with Gasteiger partial charge in [0, 0.05) is 99.2 Å². The van der Waals surface area contributed by atoms with Crippen molar-refractivity contribution in [1.29, 1.82) is 0 Å². The first-order chi connectivity index (χ1) is 19.9. The zero-order chi connectivity index (χ0) is 28.5. The molecule has 2 aromatic heterocycles. The van der Waals surface area contributed by atoms with Gasteiger partial charge >= 0.3 is 6.03 Å². The number of carbonyl (C=O) groups is 2. The van der Waals surface area contributed by atoms with Crippen molar-refractivity contribution < 1.29 is 14.0 Å². The second-order valence-electron chi connectivity index (χ2n) is 10.7. The molecule has 3 heterocycles. The maximum absolute atomic E-state index is 15.0. The van der Waals surface area contributed by atoms with E-state index in [1.165, 1.54) is 18.9 Å². The highest BCUT2D eigenvalue weighted by Gasteiger charge is 2.31. The van der Waals surface area contributed by atoms with Crippen LogP contribution in [0.3, 0.4) is 0 Å². The van der Waals surface area contributed by atoms with E-state index in [1.807, 2.05) is 42.3 Å². The Bertz CT molecular complexity index is 1590. The molecule has 1 aliphatic carbocycles. The van der Waals surface area contributed by atoms with E-state index in [1.54, 1.807) is 42.2 Å². The number of hydrogen-bond acceptors (Lipinski definition) is 6. The lowest BCUT2D eigenvalue weighted by molar-refractivity contribution is 0.102. The summed E-state index contributed by atoms with van der Waals surface area (Å²) in [5.41, 5.74) is 3.37. The molecule has 0 spiro atoms. The first kappa shape index (κ1) is 26.9. The van der Waals surface area contributed by atoms with Gasteiger partial charge in [0.1, 0.15) is 11.6 Å². The molecule has 212 valence electrons. The molecule has 6 rings (SSSR count). The second kappa shape index (κ2) is 11.3. The summed E-state index contributed by atoms with van der Waals surface area (Å²) in [5, 5.41) is 6.35. The summed E-state index contributed by atoms with van der Waals surface area (Å²) in [4.78, 5) is 36.1. The average Bonchev–Trinajstić information content (AvgIpc) is 3.76. The summed E-state index contributed by atoms with van der Waals surface area (Å²) in [5.74, 6) is -0.425. The minimum atomic E-state index is -0.419. The Morgan fingerprint density at radius 2 is 1.78 bits per heavy atom. The van der Waals surface area contributed by atoms with Gasteiger partial charge in [-0.3, -0.25) is 19.2 Å². The maximum atomic E-state index is 15.0. The Kier molecular flexibility index (Phi) is 7.42. The van der Waals surface area contributed by atoms with E-state index in [0.717, 1.165) is 54.5 Å². The Balaban J connectivity index is 1.10. The molecule has 0 unspecified atom stereocenters. The zero-order valence-corrected chi connectivity index (χ0v) is 23.3. The third-order valence-corrected chi connectivity index (χ3v) is 8.05. The number of rotatable bonds is 7. The number of anilines is 3. The fourth-order valence-corrected chi connectivity index (χ4v) is 5.45. The largest absolute Gasteiger partial charge is 0.344 e.